The normalized spacial score (nSPS) is 15.2. The Bertz CT molecular complexity index is 1240. The number of hydrogen-bond donors (Lipinski definition) is 1. The first-order valence-electron chi connectivity index (χ1n) is 11.3. The van der Waals surface area contributed by atoms with Crippen molar-refractivity contribution in [2.24, 2.45) is 0 Å². The van der Waals surface area contributed by atoms with E-state index in [9.17, 15) is 19.2 Å². The zero-order chi connectivity index (χ0) is 25.7. The number of nitrogens with zero attached hydrogens (tertiary/aromatic N) is 2. The van der Waals surface area contributed by atoms with E-state index in [0.717, 1.165) is 9.78 Å². The van der Waals surface area contributed by atoms with Crippen LogP contribution in [-0.2, 0) is 20.9 Å². The third-order valence-electron chi connectivity index (χ3n) is 5.61. The number of anilines is 2. The molecule has 4 amide bonds. The number of hydrogen-bond acceptors (Lipinski definition) is 7. The van der Waals surface area contributed by atoms with Gasteiger partial charge in [-0.25, -0.2) is 14.5 Å². The van der Waals surface area contributed by atoms with Crippen molar-refractivity contribution in [2.45, 2.75) is 25.9 Å². The second kappa shape index (κ2) is 11.0. The van der Waals surface area contributed by atoms with E-state index in [2.05, 4.69) is 5.32 Å². The molecule has 1 fully saturated rings. The lowest BCUT2D eigenvalue weighted by Gasteiger charge is -2.21. The maximum absolute atomic E-state index is 13.4. The lowest BCUT2D eigenvalue weighted by molar-refractivity contribution is -0.124. The largest absolute Gasteiger partial charge is 0.497 e. The summed E-state index contributed by atoms with van der Waals surface area (Å²) in [6, 6.07) is 15.1. The average Bonchev–Trinajstić information content (AvgIpc) is 3.47. The molecule has 0 aliphatic carbocycles. The summed E-state index contributed by atoms with van der Waals surface area (Å²) >= 11 is 1.47. The lowest BCUT2D eigenvalue weighted by Crippen LogP contribution is -2.37. The summed E-state index contributed by atoms with van der Waals surface area (Å²) in [4.78, 5) is 54.8. The van der Waals surface area contributed by atoms with Gasteiger partial charge in [-0.15, -0.1) is 11.3 Å². The molecule has 1 atom stereocenters. The van der Waals surface area contributed by atoms with Crippen LogP contribution in [-0.4, -0.2) is 48.5 Å². The summed E-state index contributed by atoms with van der Waals surface area (Å²) < 4.78 is 10.1. The Morgan fingerprint density at radius 3 is 2.36 bits per heavy atom. The van der Waals surface area contributed by atoms with Gasteiger partial charge >= 0.3 is 12.0 Å². The van der Waals surface area contributed by atoms with E-state index in [0.29, 0.717) is 22.7 Å². The van der Waals surface area contributed by atoms with Gasteiger partial charge in [-0.2, -0.15) is 0 Å². The second-order valence-corrected chi connectivity index (χ2v) is 8.96. The zero-order valence-corrected chi connectivity index (χ0v) is 20.6. The van der Waals surface area contributed by atoms with Crippen LogP contribution in [0.4, 0.5) is 16.2 Å². The van der Waals surface area contributed by atoms with Crippen LogP contribution in [0.3, 0.4) is 0 Å². The van der Waals surface area contributed by atoms with E-state index in [1.54, 1.807) is 55.5 Å². The van der Waals surface area contributed by atoms with Gasteiger partial charge in [-0.1, -0.05) is 6.07 Å². The fourth-order valence-corrected chi connectivity index (χ4v) is 4.55. The van der Waals surface area contributed by atoms with Crippen LogP contribution in [0, 0.1) is 0 Å². The number of thiophene rings is 1. The number of carbonyl (C=O) groups is 4. The number of amides is 4. The van der Waals surface area contributed by atoms with E-state index in [-0.39, 0.29) is 19.6 Å². The molecule has 0 bridgehead atoms. The molecule has 9 nitrogen and oxygen atoms in total. The minimum atomic E-state index is -0.972. The van der Waals surface area contributed by atoms with Crippen molar-refractivity contribution in [3.63, 3.8) is 0 Å². The highest BCUT2D eigenvalue weighted by molar-refractivity contribution is 7.09. The number of urea groups is 1. The quantitative estimate of drug-likeness (QED) is 0.342. The van der Waals surface area contributed by atoms with Crippen molar-refractivity contribution in [1.29, 1.82) is 0 Å². The smallest absolute Gasteiger partial charge is 0.338 e. The summed E-state index contributed by atoms with van der Waals surface area (Å²) in [6.07, 6.45) is -0.220. The van der Waals surface area contributed by atoms with Gasteiger partial charge in [0.1, 0.15) is 11.8 Å². The first kappa shape index (κ1) is 24.9. The summed E-state index contributed by atoms with van der Waals surface area (Å²) in [7, 11) is 1.53. The van der Waals surface area contributed by atoms with Crippen molar-refractivity contribution >= 4 is 46.5 Å². The van der Waals surface area contributed by atoms with Crippen LogP contribution < -0.4 is 15.0 Å². The van der Waals surface area contributed by atoms with E-state index >= 15 is 0 Å². The number of nitrogens with one attached hydrogen (secondary N) is 1. The number of ether oxygens (including phenoxy) is 2. The molecule has 1 aliphatic rings. The van der Waals surface area contributed by atoms with E-state index < -0.39 is 29.9 Å². The third-order valence-corrected chi connectivity index (χ3v) is 6.48. The zero-order valence-electron chi connectivity index (χ0n) is 19.8. The highest BCUT2D eigenvalue weighted by atomic mass is 32.1. The van der Waals surface area contributed by atoms with Crippen LogP contribution >= 0.6 is 11.3 Å². The molecule has 1 saturated heterocycles. The van der Waals surface area contributed by atoms with E-state index in [4.69, 9.17) is 9.47 Å². The van der Waals surface area contributed by atoms with Crippen molar-refractivity contribution in [1.82, 2.24) is 4.90 Å². The topological polar surface area (TPSA) is 105 Å². The molecule has 1 aliphatic heterocycles. The molecular weight excluding hydrogens is 482 g/mol. The first-order valence-corrected chi connectivity index (χ1v) is 12.2. The molecule has 10 heteroatoms. The van der Waals surface area contributed by atoms with Crippen molar-refractivity contribution in [3.05, 3.63) is 76.5 Å². The first-order chi connectivity index (χ1) is 17.4. The molecule has 1 aromatic heterocycles. The summed E-state index contributed by atoms with van der Waals surface area (Å²) in [6.45, 7) is 2.20. The van der Waals surface area contributed by atoms with Crippen LogP contribution in [0.15, 0.2) is 66.0 Å². The highest BCUT2D eigenvalue weighted by Gasteiger charge is 2.46. The van der Waals surface area contributed by atoms with Gasteiger partial charge in [0.25, 0.3) is 5.91 Å². The maximum Gasteiger partial charge on any atom is 0.338 e. The molecule has 186 valence electrons. The molecule has 36 heavy (non-hydrogen) atoms. The second-order valence-electron chi connectivity index (χ2n) is 7.93. The molecule has 0 radical (unpaired) electrons. The van der Waals surface area contributed by atoms with E-state index in [1.807, 2.05) is 17.5 Å². The van der Waals surface area contributed by atoms with Gasteiger partial charge in [0, 0.05) is 10.6 Å². The van der Waals surface area contributed by atoms with Crippen LogP contribution in [0.2, 0.25) is 0 Å². The Hall–Kier alpha value is -4.18. The van der Waals surface area contributed by atoms with Crippen molar-refractivity contribution in [2.75, 3.05) is 23.9 Å². The average molecular weight is 508 g/mol. The third kappa shape index (κ3) is 5.38. The highest BCUT2D eigenvalue weighted by Crippen LogP contribution is 2.30. The van der Waals surface area contributed by atoms with Gasteiger partial charge in [0.15, 0.2) is 0 Å². The number of imide groups is 1. The standard InChI is InChI=1S/C26H25N3O6S/c1-3-35-25(32)17-6-8-18(9-7-17)27-23(30)15-22-24(31)29(19-10-12-20(34-2)13-11-19)26(33)28(22)16-21-5-4-14-36-21/h4-14,22H,3,15-16H2,1-2H3,(H,27,30)/t22-/m0/s1. The number of carbonyl (C=O) groups excluding carboxylic acids is 4. The number of benzene rings is 2. The van der Waals surface area contributed by atoms with Gasteiger partial charge < -0.3 is 19.7 Å². The van der Waals surface area contributed by atoms with Crippen LogP contribution in [0.25, 0.3) is 0 Å². The Morgan fingerprint density at radius 1 is 1.03 bits per heavy atom. The molecule has 0 unspecified atom stereocenters. The van der Waals surface area contributed by atoms with Crippen LogP contribution in [0.5, 0.6) is 5.75 Å². The molecule has 4 rings (SSSR count). The Balaban J connectivity index is 1.52. The number of methoxy groups -OCH3 is 1. The molecule has 3 aromatic rings. The Labute approximate surface area is 212 Å². The summed E-state index contributed by atoms with van der Waals surface area (Å²) in [5.41, 5.74) is 1.23. The fourth-order valence-electron chi connectivity index (χ4n) is 3.84. The summed E-state index contributed by atoms with van der Waals surface area (Å²) in [5, 5.41) is 4.63. The number of rotatable bonds is 9. The van der Waals surface area contributed by atoms with E-state index in [1.165, 1.54) is 23.3 Å². The van der Waals surface area contributed by atoms with Gasteiger partial charge in [0.05, 0.1) is 37.9 Å². The lowest BCUT2D eigenvalue weighted by atomic mass is 10.1. The minimum absolute atomic E-state index is 0.209. The van der Waals surface area contributed by atoms with Gasteiger partial charge in [-0.05, 0) is 66.9 Å². The molecule has 1 N–H and O–H groups in total. The predicted molar refractivity (Wildman–Crippen MR) is 135 cm³/mol. The van der Waals surface area contributed by atoms with Crippen molar-refractivity contribution in [3.8, 4) is 5.75 Å². The molecule has 0 spiro atoms. The minimum Gasteiger partial charge on any atom is -0.497 e. The fraction of sp³-hybridized carbons (Fsp3) is 0.231. The molecular formula is C26H25N3O6S. The van der Waals surface area contributed by atoms with Crippen LogP contribution in [0.1, 0.15) is 28.6 Å². The Kier molecular flexibility index (Phi) is 7.65. The predicted octanol–water partition coefficient (Wildman–Crippen LogP) is 4.30. The van der Waals surface area contributed by atoms with Gasteiger partial charge in [0.2, 0.25) is 5.91 Å². The summed E-state index contributed by atoms with van der Waals surface area (Å²) in [5.74, 6) is -0.765. The number of esters is 1. The maximum atomic E-state index is 13.4. The molecule has 0 saturated carbocycles. The monoisotopic (exact) mass is 507 g/mol. The van der Waals surface area contributed by atoms with Gasteiger partial charge in [-0.3, -0.25) is 9.59 Å². The van der Waals surface area contributed by atoms with Crippen molar-refractivity contribution < 1.29 is 28.7 Å². The Morgan fingerprint density at radius 2 is 1.75 bits per heavy atom. The molecule has 2 aromatic carbocycles. The molecule has 2 heterocycles. The SMILES string of the molecule is CCOC(=O)c1ccc(NC(=O)C[C@H]2C(=O)N(c3ccc(OC)cc3)C(=O)N2Cc2cccs2)cc1.